The van der Waals surface area contributed by atoms with Crippen molar-refractivity contribution in [2.45, 2.75) is 38.1 Å². The molecule has 0 unspecified atom stereocenters. The molecule has 1 saturated heterocycles. The first kappa shape index (κ1) is 15.6. The molecule has 22 heavy (non-hydrogen) atoms. The fourth-order valence-electron chi connectivity index (χ4n) is 3.91. The standard InChI is InChI=1S/C20H28N2/c1-3-10-21(2)15-18-13-20(14-18)19-8-6-17(7-9-19)16-22-11-4-5-12-22/h1,6-9,18,20H,4-5,10-16H2,2H3. The van der Waals surface area contributed by atoms with Crippen LogP contribution in [0.15, 0.2) is 24.3 Å². The number of benzene rings is 1. The van der Waals surface area contributed by atoms with E-state index in [0.29, 0.717) is 0 Å². The van der Waals surface area contributed by atoms with Crippen LogP contribution in [0.2, 0.25) is 0 Å². The first-order valence-electron chi connectivity index (χ1n) is 8.68. The molecule has 1 heterocycles. The molecule has 1 aromatic carbocycles. The number of rotatable bonds is 6. The molecule has 3 rings (SSSR count). The van der Waals surface area contributed by atoms with Crippen molar-refractivity contribution >= 4 is 0 Å². The smallest absolute Gasteiger partial charge is 0.0596 e. The van der Waals surface area contributed by atoms with E-state index < -0.39 is 0 Å². The van der Waals surface area contributed by atoms with Crippen LogP contribution in [0.3, 0.4) is 0 Å². The lowest BCUT2D eigenvalue weighted by atomic mass is 9.71. The lowest BCUT2D eigenvalue weighted by Crippen LogP contribution is -2.33. The van der Waals surface area contributed by atoms with Crippen molar-refractivity contribution in [3.8, 4) is 12.3 Å². The summed E-state index contributed by atoms with van der Waals surface area (Å²) in [5, 5.41) is 0. The molecule has 0 aromatic heterocycles. The molecule has 0 amide bonds. The topological polar surface area (TPSA) is 6.48 Å². The Morgan fingerprint density at radius 3 is 2.50 bits per heavy atom. The molecule has 0 radical (unpaired) electrons. The van der Waals surface area contributed by atoms with Crippen LogP contribution in [0.5, 0.6) is 0 Å². The van der Waals surface area contributed by atoms with Gasteiger partial charge in [-0.05, 0) is 68.8 Å². The van der Waals surface area contributed by atoms with Crippen LogP contribution in [-0.4, -0.2) is 43.0 Å². The van der Waals surface area contributed by atoms with Gasteiger partial charge in [0.05, 0.1) is 6.54 Å². The minimum Gasteiger partial charge on any atom is -0.299 e. The third kappa shape index (κ3) is 3.91. The van der Waals surface area contributed by atoms with Gasteiger partial charge in [-0.2, -0.15) is 0 Å². The van der Waals surface area contributed by atoms with Gasteiger partial charge in [-0.1, -0.05) is 30.2 Å². The van der Waals surface area contributed by atoms with Crippen molar-refractivity contribution < 1.29 is 0 Å². The van der Waals surface area contributed by atoms with Gasteiger partial charge in [-0.25, -0.2) is 0 Å². The fraction of sp³-hybridized carbons (Fsp3) is 0.600. The third-order valence-corrected chi connectivity index (χ3v) is 5.22. The van der Waals surface area contributed by atoms with Crippen molar-refractivity contribution in [3.63, 3.8) is 0 Å². The van der Waals surface area contributed by atoms with E-state index in [-0.39, 0.29) is 0 Å². The van der Waals surface area contributed by atoms with Crippen LogP contribution in [0.4, 0.5) is 0 Å². The van der Waals surface area contributed by atoms with Gasteiger partial charge in [-0.3, -0.25) is 9.80 Å². The summed E-state index contributed by atoms with van der Waals surface area (Å²) in [6.45, 7) is 5.60. The lowest BCUT2D eigenvalue weighted by molar-refractivity contribution is 0.191. The van der Waals surface area contributed by atoms with Gasteiger partial charge in [0, 0.05) is 13.1 Å². The second kappa shape index (κ2) is 7.31. The van der Waals surface area contributed by atoms with Crippen LogP contribution in [0, 0.1) is 18.3 Å². The van der Waals surface area contributed by atoms with E-state index in [0.717, 1.165) is 31.5 Å². The molecule has 0 bridgehead atoms. The van der Waals surface area contributed by atoms with Crippen LogP contribution >= 0.6 is 0 Å². The van der Waals surface area contributed by atoms with Crippen molar-refractivity contribution in [1.29, 1.82) is 0 Å². The second-order valence-electron chi connectivity index (χ2n) is 7.16. The highest BCUT2D eigenvalue weighted by Gasteiger charge is 2.30. The number of terminal acetylenes is 1. The second-order valence-corrected chi connectivity index (χ2v) is 7.16. The first-order chi connectivity index (χ1) is 10.7. The summed E-state index contributed by atoms with van der Waals surface area (Å²) in [4.78, 5) is 4.83. The van der Waals surface area contributed by atoms with Crippen molar-refractivity contribution in [2.75, 3.05) is 33.2 Å². The molecule has 2 nitrogen and oxygen atoms in total. The van der Waals surface area contributed by atoms with Crippen molar-refractivity contribution in [1.82, 2.24) is 9.80 Å². The summed E-state index contributed by atoms with van der Waals surface area (Å²) in [6, 6.07) is 9.39. The highest BCUT2D eigenvalue weighted by Crippen LogP contribution is 2.41. The zero-order chi connectivity index (χ0) is 15.4. The number of hydrogen-bond acceptors (Lipinski definition) is 2. The Bertz CT molecular complexity index is 502. The predicted molar refractivity (Wildman–Crippen MR) is 92.7 cm³/mol. The third-order valence-electron chi connectivity index (χ3n) is 5.22. The van der Waals surface area contributed by atoms with E-state index in [1.165, 1.54) is 49.9 Å². The average Bonchev–Trinajstić information content (AvgIpc) is 2.97. The van der Waals surface area contributed by atoms with Crippen LogP contribution in [0.1, 0.15) is 42.7 Å². The van der Waals surface area contributed by atoms with E-state index in [4.69, 9.17) is 6.42 Å². The largest absolute Gasteiger partial charge is 0.299 e. The molecule has 2 aliphatic rings. The van der Waals surface area contributed by atoms with Gasteiger partial charge in [0.15, 0.2) is 0 Å². The zero-order valence-corrected chi connectivity index (χ0v) is 13.8. The zero-order valence-electron chi connectivity index (χ0n) is 13.8. The summed E-state index contributed by atoms with van der Waals surface area (Å²) in [6.07, 6.45) is 10.7. The fourth-order valence-corrected chi connectivity index (χ4v) is 3.91. The van der Waals surface area contributed by atoms with E-state index in [9.17, 15) is 0 Å². The molecule has 2 heteroatoms. The molecule has 1 aromatic rings. The molecule has 0 spiro atoms. The normalized spacial score (nSPS) is 25.1. The minimum absolute atomic E-state index is 0.769. The Balaban J connectivity index is 1.45. The van der Waals surface area contributed by atoms with E-state index in [2.05, 4.69) is 47.0 Å². The van der Waals surface area contributed by atoms with Crippen molar-refractivity contribution in [3.05, 3.63) is 35.4 Å². The maximum absolute atomic E-state index is 5.36. The van der Waals surface area contributed by atoms with E-state index in [1.807, 2.05) is 0 Å². The average molecular weight is 296 g/mol. The number of nitrogens with zero attached hydrogens (tertiary/aromatic N) is 2. The molecule has 118 valence electrons. The Kier molecular flexibility index (Phi) is 5.18. The first-order valence-corrected chi connectivity index (χ1v) is 8.68. The Morgan fingerprint density at radius 2 is 1.86 bits per heavy atom. The lowest BCUT2D eigenvalue weighted by Gasteiger charge is -2.37. The number of hydrogen-bond donors (Lipinski definition) is 0. The summed E-state index contributed by atoms with van der Waals surface area (Å²) in [5.74, 6) is 4.32. The molecule has 1 saturated carbocycles. The summed E-state index contributed by atoms with van der Waals surface area (Å²) in [7, 11) is 2.13. The van der Waals surface area contributed by atoms with Gasteiger partial charge < -0.3 is 0 Å². The summed E-state index contributed by atoms with van der Waals surface area (Å²) >= 11 is 0. The molecule has 0 atom stereocenters. The highest BCUT2D eigenvalue weighted by atomic mass is 15.1. The Hall–Kier alpha value is -1.30. The van der Waals surface area contributed by atoms with Gasteiger partial charge in [0.1, 0.15) is 0 Å². The van der Waals surface area contributed by atoms with Gasteiger partial charge in [0.25, 0.3) is 0 Å². The Morgan fingerprint density at radius 1 is 1.18 bits per heavy atom. The molecule has 1 aliphatic carbocycles. The molecule has 2 fully saturated rings. The summed E-state index contributed by atoms with van der Waals surface area (Å²) in [5.41, 5.74) is 3.00. The maximum atomic E-state index is 5.36. The highest BCUT2D eigenvalue weighted by molar-refractivity contribution is 5.27. The molecule has 0 N–H and O–H groups in total. The van der Waals surface area contributed by atoms with Crippen LogP contribution in [0.25, 0.3) is 0 Å². The van der Waals surface area contributed by atoms with E-state index in [1.54, 1.807) is 0 Å². The van der Waals surface area contributed by atoms with Gasteiger partial charge in [0.2, 0.25) is 0 Å². The summed E-state index contributed by atoms with van der Waals surface area (Å²) < 4.78 is 0. The maximum Gasteiger partial charge on any atom is 0.0596 e. The van der Waals surface area contributed by atoms with E-state index >= 15 is 0 Å². The van der Waals surface area contributed by atoms with Gasteiger partial charge >= 0.3 is 0 Å². The molecular weight excluding hydrogens is 268 g/mol. The molecule has 1 aliphatic heterocycles. The quantitative estimate of drug-likeness (QED) is 0.743. The monoisotopic (exact) mass is 296 g/mol. The number of likely N-dealkylation sites (tertiary alicyclic amines) is 1. The van der Waals surface area contributed by atoms with Crippen molar-refractivity contribution in [2.24, 2.45) is 5.92 Å². The predicted octanol–water partition coefficient (Wildman–Crippen LogP) is 3.34. The van der Waals surface area contributed by atoms with Crippen LogP contribution in [-0.2, 0) is 6.54 Å². The van der Waals surface area contributed by atoms with Crippen LogP contribution < -0.4 is 0 Å². The SMILES string of the molecule is C#CCN(C)CC1CC(c2ccc(CN3CCCC3)cc2)C1. The minimum atomic E-state index is 0.769. The van der Waals surface area contributed by atoms with Gasteiger partial charge in [-0.15, -0.1) is 6.42 Å². The molecular formula is C20H28N2. The Labute approximate surface area is 135 Å².